The van der Waals surface area contributed by atoms with E-state index in [9.17, 15) is 17.9 Å². The minimum absolute atomic E-state index is 0.0431. The van der Waals surface area contributed by atoms with Crippen LogP contribution in [0.5, 0.6) is 11.5 Å². The molecular weight excluding hydrogens is 295 g/mol. The molecule has 1 heterocycles. The molecule has 0 saturated carbocycles. The van der Waals surface area contributed by atoms with Crippen LogP contribution in [0.15, 0.2) is 52.8 Å². The van der Waals surface area contributed by atoms with Crippen molar-refractivity contribution in [1.82, 2.24) is 0 Å². The van der Waals surface area contributed by atoms with E-state index < -0.39 is 15.7 Å². The highest BCUT2D eigenvalue weighted by Gasteiger charge is 2.30. The molecule has 0 atom stereocenters. The lowest BCUT2D eigenvalue weighted by molar-refractivity contribution is 0.341. The summed E-state index contributed by atoms with van der Waals surface area (Å²) < 4.78 is 43.0. The van der Waals surface area contributed by atoms with E-state index in [0.29, 0.717) is 11.1 Å². The number of fused-ring (bicyclic) bond motifs is 1. The van der Waals surface area contributed by atoms with Crippen LogP contribution in [0.3, 0.4) is 0 Å². The van der Waals surface area contributed by atoms with E-state index >= 15 is 0 Å². The second-order valence-corrected chi connectivity index (χ2v) is 6.29. The van der Waals surface area contributed by atoms with E-state index in [2.05, 4.69) is 0 Å². The molecule has 2 aromatic carbocycles. The van der Waals surface area contributed by atoms with Gasteiger partial charge in [0.05, 0.1) is 0 Å². The van der Waals surface area contributed by atoms with Crippen molar-refractivity contribution in [2.75, 3.05) is 6.61 Å². The summed E-state index contributed by atoms with van der Waals surface area (Å²) in [6.07, 6.45) is 0. The maximum atomic E-state index is 13.7. The lowest BCUT2D eigenvalue weighted by atomic mass is 10.1. The molecule has 21 heavy (non-hydrogen) atoms. The molecule has 2 aromatic rings. The fourth-order valence-electron chi connectivity index (χ4n) is 2.21. The summed E-state index contributed by atoms with van der Waals surface area (Å²) in [5, 5.41) is 10.6. The third-order valence-electron chi connectivity index (χ3n) is 3.14. The molecule has 1 aliphatic rings. The Morgan fingerprint density at radius 3 is 2.62 bits per heavy atom. The van der Waals surface area contributed by atoms with E-state index in [0.717, 1.165) is 11.5 Å². The fraction of sp³-hybridized carbons (Fsp3) is 0.0667. The number of benzene rings is 2. The minimum Gasteiger partial charge on any atom is -0.504 e. The summed E-state index contributed by atoms with van der Waals surface area (Å²) in [5.74, 6) is -0.583. The van der Waals surface area contributed by atoms with Gasteiger partial charge in [-0.05, 0) is 18.2 Å². The number of phenolic OH excluding ortho intramolecular Hbond substituents is 1. The van der Waals surface area contributed by atoms with Crippen LogP contribution in [-0.2, 0) is 9.84 Å². The van der Waals surface area contributed by atoms with E-state index in [-0.39, 0.29) is 23.0 Å². The average Bonchev–Trinajstić information content (AvgIpc) is 2.70. The monoisotopic (exact) mass is 306 g/mol. The summed E-state index contributed by atoms with van der Waals surface area (Å²) in [6, 6.07) is 10.4. The Hall–Kier alpha value is -2.34. The maximum Gasteiger partial charge on any atom is 0.203 e. The van der Waals surface area contributed by atoms with Crippen molar-refractivity contribution < 1.29 is 22.7 Å². The highest BCUT2D eigenvalue weighted by molar-refractivity contribution is 7.95. The molecule has 1 aliphatic heterocycles. The summed E-state index contributed by atoms with van der Waals surface area (Å²) >= 11 is 0. The van der Waals surface area contributed by atoms with Gasteiger partial charge in [-0.15, -0.1) is 0 Å². The largest absolute Gasteiger partial charge is 0.504 e. The summed E-state index contributed by atoms with van der Waals surface area (Å²) in [7, 11) is -3.78. The summed E-state index contributed by atoms with van der Waals surface area (Å²) in [6.45, 7) is -0.0761. The number of para-hydroxylation sites is 2. The highest BCUT2D eigenvalue weighted by atomic mass is 32.2. The summed E-state index contributed by atoms with van der Waals surface area (Å²) in [5.41, 5.74) is 0.651. The van der Waals surface area contributed by atoms with E-state index in [1.54, 1.807) is 18.2 Å². The van der Waals surface area contributed by atoms with Crippen molar-refractivity contribution in [3.8, 4) is 11.5 Å². The first-order chi connectivity index (χ1) is 9.99. The zero-order chi connectivity index (χ0) is 15.0. The molecule has 0 saturated heterocycles. The molecule has 0 fully saturated rings. The first kappa shape index (κ1) is 13.6. The lowest BCUT2D eigenvalue weighted by Gasteiger charge is -2.09. The van der Waals surface area contributed by atoms with Crippen molar-refractivity contribution in [2.45, 2.75) is 4.90 Å². The number of rotatable bonds is 3. The van der Waals surface area contributed by atoms with Crippen LogP contribution in [0, 0.1) is 5.82 Å². The van der Waals surface area contributed by atoms with Gasteiger partial charge in [0.15, 0.2) is 11.5 Å². The second-order valence-electron chi connectivity index (χ2n) is 4.56. The highest BCUT2D eigenvalue weighted by Crippen LogP contribution is 2.36. The van der Waals surface area contributed by atoms with Gasteiger partial charge >= 0.3 is 0 Å². The average molecular weight is 306 g/mol. The number of ether oxygens (including phenoxy) is 1. The molecule has 6 heteroatoms. The molecule has 4 nitrogen and oxygen atoms in total. The Morgan fingerprint density at radius 2 is 1.86 bits per heavy atom. The Bertz CT molecular complexity index is 841. The Morgan fingerprint density at radius 1 is 1.10 bits per heavy atom. The first-order valence-electron chi connectivity index (χ1n) is 6.14. The molecule has 0 bridgehead atoms. The fourth-order valence-corrected chi connectivity index (χ4v) is 3.74. The summed E-state index contributed by atoms with van der Waals surface area (Å²) in [4.78, 5) is -0.319. The van der Waals surface area contributed by atoms with Crippen molar-refractivity contribution in [2.24, 2.45) is 0 Å². The molecule has 1 N–H and O–H groups in total. The molecule has 108 valence electrons. The van der Waals surface area contributed by atoms with E-state index in [1.165, 1.54) is 18.2 Å². The molecule has 0 radical (unpaired) electrons. The third-order valence-corrected chi connectivity index (χ3v) is 4.72. The van der Waals surface area contributed by atoms with Crippen LogP contribution >= 0.6 is 0 Å². The number of sulfone groups is 1. The van der Waals surface area contributed by atoms with Crippen molar-refractivity contribution >= 4 is 15.4 Å². The predicted octanol–water partition coefficient (Wildman–Crippen LogP) is 2.74. The van der Waals surface area contributed by atoms with Crippen molar-refractivity contribution in [1.29, 1.82) is 0 Å². The van der Waals surface area contributed by atoms with Gasteiger partial charge in [-0.25, -0.2) is 12.8 Å². The Kier molecular flexibility index (Phi) is 3.17. The number of hydrogen-bond donors (Lipinski definition) is 1. The molecule has 3 rings (SSSR count). The number of aromatic hydroxyl groups is 1. The minimum atomic E-state index is -3.78. The number of hydrogen-bond acceptors (Lipinski definition) is 4. The molecule has 0 aromatic heterocycles. The molecule has 0 amide bonds. The standard InChI is InChI=1S/C15H11FO4S/c16-12-5-3-4-11-10(9-21(18,19)15(11)12)8-20-14-7-2-1-6-13(14)17/h1-7,9,17H,8H2. The van der Waals surface area contributed by atoms with Gasteiger partial charge in [0, 0.05) is 16.5 Å². The zero-order valence-corrected chi connectivity index (χ0v) is 11.6. The van der Waals surface area contributed by atoms with Gasteiger partial charge in [-0.2, -0.15) is 0 Å². The predicted molar refractivity (Wildman–Crippen MR) is 75.2 cm³/mol. The van der Waals surface area contributed by atoms with Crippen LogP contribution in [-0.4, -0.2) is 20.1 Å². The van der Waals surface area contributed by atoms with Gasteiger partial charge in [0.2, 0.25) is 9.84 Å². The Balaban J connectivity index is 1.92. The Labute approximate surface area is 121 Å². The van der Waals surface area contributed by atoms with Gasteiger partial charge in [0.25, 0.3) is 0 Å². The smallest absolute Gasteiger partial charge is 0.203 e. The number of halogens is 1. The van der Waals surface area contributed by atoms with Crippen LogP contribution in [0.25, 0.3) is 5.57 Å². The topological polar surface area (TPSA) is 63.6 Å². The maximum absolute atomic E-state index is 13.7. The van der Waals surface area contributed by atoms with Gasteiger partial charge in [0.1, 0.15) is 17.3 Å². The van der Waals surface area contributed by atoms with Crippen LogP contribution < -0.4 is 4.74 Å². The van der Waals surface area contributed by atoms with Gasteiger partial charge in [-0.1, -0.05) is 24.3 Å². The molecule has 0 spiro atoms. The van der Waals surface area contributed by atoms with Crippen LogP contribution in [0.4, 0.5) is 4.39 Å². The van der Waals surface area contributed by atoms with Gasteiger partial charge < -0.3 is 9.84 Å². The molecular formula is C15H11FO4S. The van der Waals surface area contributed by atoms with Gasteiger partial charge in [-0.3, -0.25) is 0 Å². The zero-order valence-electron chi connectivity index (χ0n) is 10.8. The van der Waals surface area contributed by atoms with Crippen molar-refractivity contribution in [3.63, 3.8) is 0 Å². The van der Waals surface area contributed by atoms with Crippen LogP contribution in [0.2, 0.25) is 0 Å². The quantitative estimate of drug-likeness (QED) is 0.947. The SMILES string of the molecule is O=S1(=O)C=C(COc2ccccc2O)c2cccc(F)c21. The molecule has 0 aliphatic carbocycles. The number of phenols is 1. The third kappa shape index (κ3) is 2.38. The van der Waals surface area contributed by atoms with E-state index in [1.807, 2.05) is 0 Å². The lowest BCUT2D eigenvalue weighted by Crippen LogP contribution is -2.00. The molecule has 0 unspecified atom stereocenters. The van der Waals surface area contributed by atoms with Crippen molar-refractivity contribution in [3.05, 3.63) is 59.3 Å². The van der Waals surface area contributed by atoms with Crippen LogP contribution in [0.1, 0.15) is 5.56 Å². The first-order valence-corrected chi connectivity index (χ1v) is 7.69. The second kappa shape index (κ2) is 4.89. The normalized spacial score (nSPS) is 15.4. The van der Waals surface area contributed by atoms with E-state index in [4.69, 9.17) is 4.74 Å².